The Hall–Kier alpha value is -2.62. The first-order valence-electron chi connectivity index (χ1n) is 8.56. The van der Waals surface area contributed by atoms with Crippen LogP contribution in [0.4, 0.5) is 5.69 Å². The highest BCUT2D eigenvalue weighted by atomic mass is 35.5. The molecular weight excluding hydrogens is 344 g/mol. The highest BCUT2D eigenvalue weighted by Crippen LogP contribution is 2.23. The van der Waals surface area contributed by atoms with Crippen molar-refractivity contribution >= 4 is 23.2 Å². The van der Waals surface area contributed by atoms with Crippen LogP contribution in [0, 0.1) is 0 Å². The van der Waals surface area contributed by atoms with Crippen molar-refractivity contribution in [3.63, 3.8) is 0 Å². The molecule has 132 valence electrons. The molecular formula is C22H21ClN2O. The molecule has 3 aromatic carbocycles. The first-order chi connectivity index (χ1) is 12.6. The molecule has 1 atom stereocenters. The zero-order valence-electron chi connectivity index (χ0n) is 14.5. The van der Waals surface area contributed by atoms with Crippen LogP contribution in [-0.4, -0.2) is 11.9 Å². The number of anilines is 1. The Morgan fingerprint density at radius 2 is 1.31 bits per heavy atom. The monoisotopic (exact) mass is 364 g/mol. The van der Waals surface area contributed by atoms with Gasteiger partial charge >= 0.3 is 0 Å². The lowest BCUT2D eigenvalue weighted by Gasteiger charge is -2.24. The van der Waals surface area contributed by atoms with Gasteiger partial charge in [0.05, 0.1) is 22.8 Å². The van der Waals surface area contributed by atoms with Crippen LogP contribution in [-0.2, 0) is 4.79 Å². The minimum Gasteiger partial charge on any atom is -0.323 e. The van der Waals surface area contributed by atoms with Gasteiger partial charge in [-0.2, -0.15) is 0 Å². The van der Waals surface area contributed by atoms with Gasteiger partial charge in [0.15, 0.2) is 0 Å². The van der Waals surface area contributed by atoms with Gasteiger partial charge in [-0.15, -0.1) is 0 Å². The van der Waals surface area contributed by atoms with E-state index in [1.807, 2.05) is 55.5 Å². The molecule has 0 radical (unpaired) electrons. The lowest BCUT2D eigenvalue weighted by atomic mass is 9.98. The van der Waals surface area contributed by atoms with E-state index in [0.29, 0.717) is 10.7 Å². The van der Waals surface area contributed by atoms with Crippen molar-refractivity contribution in [2.75, 3.05) is 5.32 Å². The molecule has 3 nitrogen and oxygen atoms in total. The van der Waals surface area contributed by atoms with E-state index in [1.54, 1.807) is 12.1 Å². The minimum atomic E-state index is -0.406. The normalized spacial score (nSPS) is 12.0. The van der Waals surface area contributed by atoms with Crippen molar-refractivity contribution in [2.24, 2.45) is 0 Å². The lowest BCUT2D eigenvalue weighted by molar-refractivity contribution is -0.117. The third-order valence-electron chi connectivity index (χ3n) is 4.21. The van der Waals surface area contributed by atoms with E-state index in [-0.39, 0.29) is 11.9 Å². The quantitative estimate of drug-likeness (QED) is 0.642. The summed E-state index contributed by atoms with van der Waals surface area (Å²) in [6.07, 6.45) is 0. The van der Waals surface area contributed by atoms with Crippen LogP contribution in [0.5, 0.6) is 0 Å². The van der Waals surface area contributed by atoms with Crippen molar-refractivity contribution < 1.29 is 4.79 Å². The molecule has 1 unspecified atom stereocenters. The number of carbonyl (C=O) groups excluding carboxylic acids is 1. The third-order valence-corrected chi connectivity index (χ3v) is 4.54. The van der Waals surface area contributed by atoms with E-state index in [0.717, 1.165) is 11.1 Å². The molecule has 0 saturated carbocycles. The largest absolute Gasteiger partial charge is 0.323 e. The number of hydrogen-bond donors (Lipinski definition) is 2. The minimum absolute atomic E-state index is 0.0793. The second-order valence-corrected chi connectivity index (χ2v) is 6.52. The molecule has 26 heavy (non-hydrogen) atoms. The van der Waals surface area contributed by atoms with Crippen molar-refractivity contribution in [1.29, 1.82) is 0 Å². The van der Waals surface area contributed by atoms with E-state index in [1.165, 1.54) is 0 Å². The number of amides is 1. The van der Waals surface area contributed by atoms with Gasteiger partial charge < -0.3 is 5.32 Å². The molecule has 3 rings (SSSR count). The molecule has 0 heterocycles. The number of halogens is 1. The van der Waals surface area contributed by atoms with Gasteiger partial charge in [0.25, 0.3) is 0 Å². The Bertz CT molecular complexity index is 813. The summed E-state index contributed by atoms with van der Waals surface area (Å²) in [6.45, 7) is 1.85. The summed E-state index contributed by atoms with van der Waals surface area (Å²) in [5.74, 6) is -0.130. The van der Waals surface area contributed by atoms with Crippen molar-refractivity contribution in [2.45, 2.75) is 19.0 Å². The van der Waals surface area contributed by atoms with E-state index >= 15 is 0 Å². The smallest absolute Gasteiger partial charge is 0.241 e. The van der Waals surface area contributed by atoms with Gasteiger partial charge in [0, 0.05) is 0 Å². The first kappa shape index (κ1) is 18.2. The molecule has 0 fully saturated rings. The highest BCUT2D eigenvalue weighted by molar-refractivity contribution is 6.33. The van der Waals surface area contributed by atoms with Crippen LogP contribution in [0.1, 0.15) is 24.1 Å². The molecule has 0 aliphatic carbocycles. The van der Waals surface area contributed by atoms with E-state index in [2.05, 4.69) is 34.9 Å². The SMILES string of the molecule is CC(NC(c1ccccc1)c1ccccc1)C(=O)Nc1ccccc1Cl. The Morgan fingerprint density at radius 3 is 1.85 bits per heavy atom. The first-order valence-corrected chi connectivity index (χ1v) is 8.94. The zero-order chi connectivity index (χ0) is 18.4. The number of para-hydroxylation sites is 1. The number of benzene rings is 3. The number of rotatable bonds is 6. The summed E-state index contributed by atoms with van der Waals surface area (Å²) < 4.78 is 0. The maximum absolute atomic E-state index is 12.6. The fourth-order valence-corrected chi connectivity index (χ4v) is 2.99. The molecule has 1 amide bonds. The maximum Gasteiger partial charge on any atom is 0.241 e. The van der Waals surface area contributed by atoms with Crippen LogP contribution in [0.15, 0.2) is 84.9 Å². The summed E-state index contributed by atoms with van der Waals surface area (Å²) in [4.78, 5) is 12.6. The fraction of sp³-hybridized carbons (Fsp3) is 0.136. The second kappa shape index (κ2) is 8.65. The summed E-state index contributed by atoms with van der Waals surface area (Å²) in [6, 6.07) is 27.0. The third kappa shape index (κ3) is 4.51. The average Bonchev–Trinajstić information content (AvgIpc) is 2.69. The van der Waals surface area contributed by atoms with Crippen LogP contribution in [0.3, 0.4) is 0 Å². The number of hydrogen-bond acceptors (Lipinski definition) is 2. The number of nitrogens with one attached hydrogen (secondary N) is 2. The predicted molar refractivity (Wildman–Crippen MR) is 107 cm³/mol. The topological polar surface area (TPSA) is 41.1 Å². The molecule has 3 aromatic rings. The van der Waals surface area contributed by atoms with Gasteiger partial charge in [-0.05, 0) is 30.2 Å². The van der Waals surface area contributed by atoms with Crippen LogP contribution >= 0.6 is 11.6 Å². The van der Waals surface area contributed by atoms with Gasteiger partial charge in [-0.1, -0.05) is 84.4 Å². The van der Waals surface area contributed by atoms with Gasteiger partial charge in [-0.25, -0.2) is 0 Å². The fourth-order valence-electron chi connectivity index (χ4n) is 2.81. The van der Waals surface area contributed by atoms with Gasteiger partial charge in [0.1, 0.15) is 0 Å². The van der Waals surface area contributed by atoms with Crippen molar-refractivity contribution in [3.05, 3.63) is 101 Å². The summed E-state index contributed by atoms with van der Waals surface area (Å²) >= 11 is 6.14. The lowest BCUT2D eigenvalue weighted by Crippen LogP contribution is -2.40. The average molecular weight is 365 g/mol. The Labute approximate surface area is 159 Å². The molecule has 2 N–H and O–H groups in total. The molecule has 0 saturated heterocycles. The molecule has 0 spiro atoms. The zero-order valence-corrected chi connectivity index (χ0v) is 15.3. The highest BCUT2D eigenvalue weighted by Gasteiger charge is 2.21. The maximum atomic E-state index is 12.6. The van der Waals surface area contributed by atoms with Crippen LogP contribution in [0.25, 0.3) is 0 Å². The Morgan fingerprint density at radius 1 is 0.808 bits per heavy atom. The van der Waals surface area contributed by atoms with Crippen molar-refractivity contribution in [3.8, 4) is 0 Å². The van der Waals surface area contributed by atoms with E-state index in [4.69, 9.17) is 11.6 Å². The molecule has 0 bridgehead atoms. The molecule has 0 aliphatic rings. The van der Waals surface area contributed by atoms with Crippen molar-refractivity contribution in [1.82, 2.24) is 5.32 Å². The Balaban J connectivity index is 1.78. The van der Waals surface area contributed by atoms with Gasteiger partial charge in [-0.3, -0.25) is 10.1 Å². The molecule has 0 aromatic heterocycles. The molecule has 0 aliphatic heterocycles. The second-order valence-electron chi connectivity index (χ2n) is 6.11. The standard InChI is InChI=1S/C22H21ClN2O/c1-16(22(26)25-20-15-9-8-14-19(20)23)24-21(17-10-4-2-5-11-17)18-12-6-3-7-13-18/h2-16,21,24H,1H3,(H,25,26). The van der Waals surface area contributed by atoms with E-state index in [9.17, 15) is 4.79 Å². The van der Waals surface area contributed by atoms with Gasteiger partial charge in [0.2, 0.25) is 5.91 Å². The predicted octanol–water partition coefficient (Wildman–Crippen LogP) is 5.05. The Kier molecular flexibility index (Phi) is 6.05. The summed E-state index contributed by atoms with van der Waals surface area (Å²) in [5.41, 5.74) is 2.83. The number of carbonyl (C=O) groups is 1. The summed E-state index contributed by atoms with van der Waals surface area (Å²) in [7, 11) is 0. The molecule has 4 heteroatoms. The van der Waals surface area contributed by atoms with Crippen LogP contribution < -0.4 is 10.6 Å². The van der Waals surface area contributed by atoms with Crippen LogP contribution in [0.2, 0.25) is 5.02 Å². The summed E-state index contributed by atoms with van der Waals surface area (Å²) in [5, 5.41) is 6.84. The van der Waals surface area contributed by atoms with E-state index < -0.39 is 6.04 Å².